The van der Waals surface area contributed by atoms with Gasteiger partial charge in [0, 0.05) is 18.1 Å². The van der Waals surface area contributed by atoms with Crippen LogP contribution in [0.3, 0.4) is 0 Å². The molecule has 0 aliphatic carbocycles. The molecule has 0 radical (unpaired) electrons. The lowest BCUT2D eigenvalue weighted by atomic mass is 10.0. The smallest absolute Gasteiger partial charge is 0.180 e. The number of H-pyrrole nitrogens is 1. The van der Waals surface area contributed by atoms with Crippen molar-refractivity contribution in [3.05, 3.63) is 36.4 Å². The highest BCUT2D eigenvalue weighted by molar-refractivity contribution is 5.86. The molecule has 0 spiro atoms. The molecule has 0 atom stereocenters. The first-order chi connectivity index (χ1) is 8.77. The number of anilines is 1. The van der Waals surface area contributed by atoms with Gasteiger partial charge in [-0.2, -0.15) is 5.10 Å². The van der Waals surface area contributed by atoms with Crippen molar-refractivity contribution in [3.63, 3.8) is 0 Å². The van der Waals surface area contributed by atoms with Crippen LogP contribution >= 0.6 is 0 Å². The molecule has 6 nitrogen and oxygen atoms in total. The summed E-state index contributed by atoms with van der Waals surface area (Å²) in [5.74, 6) is 0.974. The second kappa shape index (κ2) is 3.99. The average Bonchev–Trinajstić information content (AvgIpc) is 2.96. The minimum atomic E-state index is 0.358. The first-order valence-electron chi connectivity index (χ1n) is 5.43. The molecular formula is C12H11N5O. The number of rotatable bonds is 2. The summed E-state index contributed by atoms with van der Waals surface area (Å²) < 4.78 is 5.32. The van der Waals surface area contributed by atoms with E-state index in [1.165, 1.54) is 0 Å². The Hall–Kier alpha value is -2.63. The Balaban J connectivity index is 2.22. The Morgan fingerprint density at radius 1 is 1.28 bits per heavy atom. The monoisotopic (exact) mass is 241 g/mol. The second-order valence-corrected chi connectivity index (χ2v) is 3.92. The summed E-state index contributed by atoms with van der Waals surface area (Å²) in [7, 11) is 0. The van der Waals surface area contributed by atoms with Gasteiger partial charge in [-0.15, -0.1) is 0 Å². The lowest BCUT2D eigenvalue weighted by Gasteiger charge is -2.00. The van der Waals surface area contributed by atoms with Gasteiger partial charge in [0.15, 0.2) is 11.6 Å². The minimum absolute atomic E-state index is 0.358. The zero-order valence-corrected chi connectivity index (χ0v) is 9.71. The van der Waals surface area contributed by atoms with E-state index in [2.05, 4.69) is 20.3 Å². The van der Waals surface area contributed by atoms with E-state index in [0.717, 1.165) is 22.4 Å². The number of nitrogen functional groups attached to an aromatic ring is 1. The number of hydrogen-bond acceptors (Lipinski definition) is 5. The highest BCUT2D eigenvalue weighted by atomic mass is 16.5. The molecular weight excluding hydrogens is 230 g/mol. The van der Waals surface area contributed by atoms with Crippen LogP contribution in [0.5, 0.6) is 0 Å². The van der Waals surface area contributed by atoms with Crippen LogP contribution in [-0.4, -0.2) is 20.3 Å². The molecule has 3 aromatic rings. The largest absolute Gasteiger partial charge is 0.380 e. The van der Waals surface area contributed by atoms with E-state index in [1.807, 2.05) is 19.1 Å². The number of pyridine rings is 1. The van der Waals surface area contributed by atoms with E-state index >= 15 is 0 Å². The highest BCUT2D eigenvalue weighted by Crippen LogP contribution is 2.36. The highest BCUT2D eigenvalue weighted by Gasteiger charge is 2.19. The number of nitrogens with one attached hydrogen (secondary N) is 1. The van der Waals surface area contributed by atoms with E-state index in [4.69, 9.17) is 10.3 Å². The van der Waals surface area contributed by atoms with E-state index in [-0.39, 0.29) is 0 Å². The molecule has 3 heterocycles. The molecule has 0 fully saturated rings. The maximum Gasteiger partial charge on any atom is 0.180 e. The van der Waals surface area contributed by atoms with E-state index < -0.39 is 0 Å². The maximum absolute atomic E-state index is 5.87. The number of nitrogens with zero attached hydrogens (tertiary/aromatic N) is 3. The molecule has 3 rings (SSSR count). The summed E-state index contributed by atoms with van der Waals surface area (Å²) in [6, 6.07) is 3.73. The van der Waals surface area contributed by atoms with Gasteiger partial charge in [-0.3, -0.25) is 10.1 Å². The van der Waals surface area contributed by atoms with E-state index in [1.54, 1.807) is 18.6 Å². The molecule has 90 valence electrons. The SMILES string of the molecule is Cc1[nH]ncc1-c1onc(N)c1-c1ccncc1. The van der Waals surface area contributed by atoms with Gasteiger partial charge in [-0.1, -0.05) is 5.16 Å². The molecule has 0 saturated carbocycles. The quantitative estimate of drug-likeness (QED) is 0.715. The number of aryl methyl sites for hydroxylation is 1. The fraction of sp³-hybridized carbons (Fsp3) is 0.0833. The topological polar surface area (TPSA) is 93.6 Å². The van der Waals surface area contributed by atoms with Crippen molar-refractivity contribution >= 4 is 5.82 Å². The first kappa shape index (κ1) is 10.5. The lowest BCUT2D eigenvalue weighted by molar-refractivity contribution is 0.436. The molecule has 3 aromatic heterocycles. The van der Waals surface area contributed by atoms with Crippen molar-refractivity contribution in [1.82, 2.24) is 20.3 Å². The van der Waals surface area contributed by atoms with Crippen LogP contribution in [0.15, 0.2) is 35.2 Å². The molecule has 0 amide bonds. The molecule has 18 heavy (non-hydrogen) atoms. The van der Waals surface area contributed by atoms with E-state index in [0.29, 0.717) is 11.6 Å². The molecule has 0 unspecified atom stereocenters. The summed E-state index contributed by atoms with van der Waals surface area (Å²) in [6.45, 7) is 1.91. The lowest BCUT2D eigenvalue weighted by Crippen LogP contribution is -1.89. The summed E-state index contributed by atoms with van der Waals surface area (Å²) in [5, 5.41) is 10.7. The molecule has 0 aliphatic heterocycles. The van der Waals surface area contributed by atoms with Gasteiger partial charge in [-0.25, -0.2) is 0 Å². The maximum atomic E-state index is 5.87. The van der Waals surface area contributed by atoms with Gasteiger partial charge >= 0.3 is 0 Å². The van der Waals surface area contributed by atoms with Gasteiger partial charge < -0.3 is 10.3 Å². The molecule has 3 N–H and O–H groups in total. The number of aromatic amines is 1. The predicted octanol–water partition coefficient (Wildman–Crippen LogP) is 2.02. The second-order valence-electron chi connectivity index (χ2n) is 3.92. The van der Waals surface area contributed by atoms with Gasteiger partial charge in [0.25, 0.3) is 0 Å². The molecule has 0 bridgehead atoms. The zero-order chi connectivity index (χ0) is 12.5. The third-order valence-electron chi connectivity index (χ3n) is 2.76. The van der Waals surface area contributed by atoms with Crippen LogP contribution < -0.4 is 5.73 Å². The first-order valence-corrected chi connectivity index (χ1v) is 5.43. The normalized spacial score (nSPS) is 10.7. The Labute approximate surface area is 103 Å². The summed E-state index contributed by atoms with van der Waals surface area (Å²) in [6.07, 6.45) is 5.10. The average molecular weight is 241 g/mol. The van der Waals surface area contributed by atoms with Crippen molar-refractivity contribution in [2.45, 2.75) is 6.92 Å². The number of hydrogen-bond donors (Lipinski definition) is 2. The van der Waals surface area contributed by atoms with Crippen molar-refractivity contribution in [1.29, 1.82) is 0 Å². The fourth-order valence-electron chi connectivity index (χ4n) is 1.86. The third kappa shape index (κ3) is 1.55. The van der Waals surface area contributed by atoms with Crippen molar-refractivity contribution < 1.29 is 4.52 Å². The van der Waals surface area contributed by atoms with Crippen LogP contribution in [0.1, 0.15) is 5.69 Å². The molecule has 0 aromatic carbocycles. The Bertz CT molecular complexity index is 671. The fourth-order valence-corrected chi connectivity index (χ4v) is 1.86. The van der Waals surface area contributed by atoms with E-state index in [9.17, 15) is 0 Å². The van der Waals surface area contributed by atoms with Crippen molar-refractivity contribution in [3.8, 4) is 22.5 Å². The Morgan fingerprint density at radius 3 is 2.72 bits per heavy atom. The third-order valence-corrected chi connectivity index (χ3v) is 2.76. The minimum Gasteiger partial charge on any atom is -0.380 e. The summed E-state index contributed by atoms with van der Waals surface area (Å²) in [4.78, 5) is 3.98. The molecule has 0 saturated heterocycles. The van der Waals surface area contributed by atoms with Crippen molar-refractivity contribution in [2.75, 3.05) is 5.73 Å². The predicted molar refractivity (Wildman–Crippen MR) is 66.5 cm³/mol. The van der Waals surface area contributed by atoms with Crippen molar-refractivity contribution in [2.24, 2.45) is 0 Å². The van der Waals surface area contributed by atoms with Gasteiger partial charge in [-0.05, 0) is 24.6 Å². The Kier molecular flexibility index (Phi) is 2.33. The van der Waals surface area contributed by atoms with Gasteiger partial charge in [0.2, 0.25) is 0 Å². The van der Waals surface area contributed by atoms with Crippen LogP contribution in [0.25, 0.3) is 22.5 Å². The molecule has 0 aliphatic rings. The van der Waals surface area contributed by atoms with Gasteiger partial charge in [0.1, 0.15) is 0 Å². The van der Waals surface area contributed by atoms with Gasteiger partial charge in [0.05, 0.1) is 17.3 Å². The van der Waals surface area contributed by atoms with Crippen LogP contribution in [0, 0.1) is 6.92 Å². The summed E-state index contributed by atoms with van der Waals surface area (Å²) >= 11 is 0. The summed E-state index contributed by atoms with van der Waals surface area (Å²) in [5.41, 5.74) is 9.31. The van der Waals surface area contributed by atoms with Crippen LogP contribution in [0.4, 0.5) is 5.82 Å². The number of nitrogens with two attached hydrogens (primary N) is 1. The van der Waals surface area contributed by atoms with Crippen LogP contribution in [-0.2, 0) is 0 Å². The Morgan fingerprint density at radius 2 is 2.06 bits per heavy atom. The standard InChI is InChI=1S/C12H11N5O/c1-7-9(6-15-16-7)11-10(12(13)17-18-11)8-2-4-14-5-3-8/h2-6H,1H3,(H2,13,17)(H,15,16). The molecule has 6 heteroatoms. The number of aromatic nitrogens is 4. The zero-order valence-electron chi connectivity index (χ0n) is 9.71. The van der Waals surface area contributed by atoms with Crippen LogP contribution in [0.2, 0.25) is 0 Å².